The summed E-state index contributed by atoms with van der Waals surface area (Å²) in [6.07, 6.45) is 0.285. The molecule has 0 aromatic heterocycles. The lowest BCUT2D eigenvalue weighted by molar-refractivity contribution is -0.136. The summed E-state index contributed by atoms with van der Waals surface area (Å²) in [4.78, 5) is 21.7. The minimum atomic E-state index is -1.01. The third kappa shape index (κ3) is 3.43. The predicted octanol–water partition coefficient (Wildman–Crippen LogP) is 1.59. The highest BCUT2D eigenvalue weighted by molar-refractivity contribution is 5.75. The SMILES string of the molecule is O=C(O)CCNC(=O)N[C@@H]1C[C@H]1c1c(F)cccc1F. The van der Waals surface area contributed by atoms with Gasteiger partial charge < -0.3 is 15.7 Å². The van der Waals surface area contributed by atoms with Crippen molar-refractivity contribution in [2.24, 2.45) is 0 Å². The monoisotopic (exact) mass is 284 g/mol. The zero-order chi connectivity index (χ0) is 14.7. The van der Waals surface area contributed by atoms with Crippen LogP contribution in [0, 0.1) is 11.6 Å². The Kier molecular flexibility index (Phi) is 4.16. The number of amides is 2. The van der Waals surface area contributed by atoms with Gasteiger partial charge in [-0.3, -0.25) is 4.79 Å². The van der Waals surface area contributed by atoms with Gasteiger partial charge in [-0.2, -0.15) is 0 Å². The molecule has 2 atom stereocenters. The molecule has 0 heterocycles. The van der Waals surface area contributed by atoms with Crippen molar-refractivity contribution in [3.8, 4) is 0 Å². The van der Waals surface area contributed by atoms with Gasteiger partial charge in [0.15, 0.2) is 0 Å². The second-order valence-corrected chi connectivity index (χ2v) is 4.63. The van der Waals surface area contributed by atoms with E-state index in [1.165, 1.54) is 18.2 Å². The van der Waals surface area contributed by atoms with Crippen molar-refractivity contribution >= 4 is 12.0 Å². The maximum atomic E-state index is 13.5. The number of hydrogen-bond acceptors (Lipinski definition) is 2. The Balaban J connectivity index is 1.83. The lowest BCUT2D eigenvalue weighted by atomic mass is 10.1. The minimum absolute atomic E-state index is 0.00656. The molecule has 0 saturated heterocycles. The molecule has 0 aliphatic heterocycles. The zero-order valence-corrected chi connectivity index (χ0v) is 10.5. The molecule has 2 rings (SSSR count). The van der Waals surface area contributed by atoms with E-state index in [1.807, 2.05) is 0 Å². The minimum Gasteiger partial charge on any atom is -0.481 e. The van der Waals surface area contributed by atoms with Crippen LogP contribution in [0.15, 0.2) is 18.2 Å². The van der Waals surface area contributed by atoms with Gasteiger partial charge in [-0.05, 0) is 18.6 Å². The van der Waals surface area contributed by atoms with E-state index in [1.54, 1.807) is 0 Å². The fourth-order valence-electron chi connectivity index (χ4n) is 2.04. The topological polar surface area (TPSA) is 78.4 Å². The number of benzene rings is 1. The first-order valence-corrected chi connectivity index (χ1v) is 6.19. The summed E-state index contributed by atoms with van der Waals surface area (Å²) >= 11 is 0. The molecule has 1 aromatic carbocycles. The smallest absolute Gasteiger partial charge is 0.315 e. The van der Waals surface area contributed by atoms with Crippen molar-refractivity contribution in [1.82, 2.24) is 10.6 Å². The molecular formula is C13H14F2N2O3. The maximum absolute atomic E-state index is 13.5. The first-order chi connectivity index (χ1) is 9.49. The summed E-state index contributed by atoms with van der Waals surface area (Å²) in [6.45, 7) is 0.00656. The van der Waals surface area contributed by atoms with Crippen LogP contribution in [0.1, 0.15) is 24.3 Å². The molecule has 0 radical (unpaired) electrons. The van der Waals surface area contributed by atoms with Gasteiger partial charge in [0.2, 0.25) is 0 Å². The number of nitrogens with one attached hydrogen (secondary N) is 2. The van der Waals surface area contributed by atoms with Gasteiger partial charge in [-0.1, -0.05) is 6.07 Å². The van der Waals surface area contributed by atoms with Crippen molar-refractivity contribution in [2.75, 3.05) is 6.54 Å². The summed E-state index contributed by atoms with van der Waals surface area (Å²) in [5.41, 5.74) is -0.0108. The van der Waals surface area contributed by atoms with Crippen LogP contribution in [0.2, 0.25) is 0 Å². The number of carboxylic acid groups (broad SMARTS) is 1. The Morgan fingerprint density at radius 3 is 2.55 bits per heavy atom. The highest BCUT2D eigenvalue weighted by Gasteiger charge is 2.42. The molecule has 0 bridgehead atoms. The predicted molar refractivity (Wildman–Crippen MR) is 66.3 cm³/mol. The largest absolute Gasteiger partial charge is 0.481 e. The summed E-state index contributed by atoms with van der Waals surface area (Å²) in [5.74, 6) is -2.62. The maximum Gasteiger partial charge on any atom is 0.315 e. The number of carboxylic acids is 1. The first-order valence-electron chi connectivity index (χ1n) is 6.19. The number of carbonyl (C=O) groups is 2. The number of aliphatic carboxylic acids is 1. The van der Waals surface area contributed by atoms with Crippen molar-refractivity contribution in [3.05, 3.63) is 35.4 Å². The molecule has 1 fully saturated rings. The number of rotatable bonds is 5. The van der Waals surface area contributed by atoms with Crippen molar-refractivity contribution < 1.29 is 23.5 Å². The third-order valence-corrected chi connectivity index (χ3v) is 3.10. The van der Waals surface area contributed by atoms with Gasteiger partial charge in [0.1, 0.15) is 11.6 Å². The van der Waals surface area contributed by atoms with Gasteiger partial charge >= 0.3 is 12.0 Å². The van der Waals surface area contributed by atoms with E-state index in [0.29, 0.717) is 6.42 Å². The van der Waals surface area contributed by atoms with Gasteiger partial charge in [-0.25, -0.2) is 13.6 Å². The highest BCUT2D eigenvalue weighted by Crippen LogP contribution is 2.42. The second kappa shape index (κ2) is 5.85. The van der Waals surface area contributed by atoms with Crippen LogP contribution in [0.3, 0.4) is 0 Å². The standard InChI is InChI=1S/C13H14F2N2O3/c14-8-2-1-3-9(15)12(8)7-6-10(7)17-13(20)16-5-4-11(18)19/h1-3,7,10H,4-6H2,(H,18,19)(H2,16,17,20)/t7-,10-/m1/s1. The molecule has 0 unspecified atom stereocenters. The molecule has 20 heavy (non-hydrogen) atoms. The lowest BCUT2D eigenvalue weighted by Gasteiger charge is -2.07. The Hall–Kier alpha value is -2.18. The molecule has 0 spiro atoms. The van der Waals surface area contributed by atoms with Crippen molar-refractivity contribution in [1.29, 1.82) is 0 Å². The van der Waals surface area contributed by atoms with Crippen molar-refractivity contribution in [2.45, 2.75) is 24.8 Å². The Morgan fingerprint density at radius 1 is 1.30 bits per heavy atom. The van der Waals surface area contributed by atoms with Crippen LogP contribution in [-0.4, -0.2) is 29.7 Å². The number of halogens is 2. The average Bonchev–Trinajstić information content (AvgIpc) is 3.07. The van der Waals surface area contributed by atoms with E-state index in [2.05, 4.69) is 10.6 Å². The van der Waals surface area contributed by atoms with Crippen LogP contribution in [-0.2, 0) is 4.79 Å². The number of carbonyl (C=O) groups excluding carboxylic acids is 1. The molecule has 3 N–H and O–H groups in total. The molecule has 1 aliphatic rings. The van der Waals surface area contributed by atoms with Crippen LogP contribution in [0.25, 0.3) is 0 Å². The third-order valence-electron chi connectivity index (χ3n) is 3.10. The van der Waals surface area contributed by atoms with Crippen molar-refractivity contribution in [3.63, 3.8) is 0 Å². The summed E-state index contributed by atoms with van der Waals surface area (Å²) in [6, 6.07) is 2.79. The summed E-state index contributed by atoms with van der Waals surface area (Å²) in [5, 5.41) is 13.3. The summed E-state index contributed by atoms with van der Waals surface area (Å²) < 4.78 is 27.0. The second-order valence-electron chi connectivity index (χ2n) is 4.63. The molecule has 7 heteroatoms. The fraction of sp³-hybridized carbons (Fsp3) is 0.385. The number of hydrogen-bond donors (Lipinski definition) is 3. The molecule has 5 nitrogen and oxygen atoms in total. The van der Waals surface area contributed by atoms with Crippen LogP contribution in [0.4, 0.5) is 13.6 Å². The molecular weight excluding hydrogens is 270 g/mol. The fourth-order valence-corrected chi connectivity index (χ4v) is 2.04. The van der Waals surface area contributed by atoms with Gasteiger partial charge in [0, 0.05) is 24.1 Å². The quantitative estimate of drug-likeness (QED) is 0.768. The molecule has 2 amide bonds. The van der Waals surface area contributed by atoms with E-state index in [0.717, 1.165) is 0 Å². The van der Waals surface area contributed by atoms with E-state index >= 15 is 0 Å². The van der Waals surface area contributed by atoms with E-state index < -0.39 is 23.6 Å². The lowest BCUT2D eigenvalue weighted by Crippen LogP contribution is -2.38. The summed E-state index contributed by atoms with van der Waals surface area (Å²) in [7, 11) is 0. The van der Waals surface area contributed by atoms with E-state index in [9.17, 15) is 18.4 Å². The first kappa shape index (κ1) is 14.2. The van der Waals surface area contributed by atoms with E-state index in [4.69, 9.17) is 5.11 Å². The molecule has 1 saturated carbocycles. The molecule has 1 aromatic rings. The molecule has 108 valence electrons. The Bertz CT molecular complexity index is 516. The van der Waals surface area contributed by atoms with Gasteiger partial charge in [0.25, 0.3) is 0 Å². The highest BCUT2D eigenvalue weighted by atomic mass is 19.1. The Labute approximate surface area is 114 Å². The van der Waals surface area contributed by atoms with Crippen LogP contribution < -0.4 is 10.6 Å². The van der Waals surface area contributed by atoms with Crippen LogP contribution >= 0.6 is 0 Å². The van der Waals surface area contributed by atoms with Gasteiger partial charge in [0.05, 0.1) is 6.42 Å². The average molecular weight is 284 g/mol. The Morgan fingerprint density at radius 2 is 1.95 bits per heavy atom. The molecule has 1 aliphatic carbocycles. The normalized spacial score (nSPS) is 20.3. The van der Waals surface area contributed by atoms with Gasteiger partial charge in [-0.15, -0.1) is 0 Å². The number of urea groups is 1. The van der Waals surface area contributed by atoms with E-state index in [-0.39, 0.29) is 30.5 Å². The zero-order valence-electron chi connectivity index (χ0n) is 10.5. The van der Waals surface area contributed by atoms with Crippen LogP contribution in [0.5, 0.6) is 0 Å².